The maximum absolute atomic E-state index is 13.1. The molecule has 0 unspecified atom stereocenters. The molecule has 0 aromatic heterocycles. The van der Waals surface area contributed by atoms with E-state index in [0.717, 1.165) is 12.8 Å². The number of allylic oxidation sites excluding steroid dienone is 1. The van der Waals surface area contributed by atoms with Gasteiger partial charge >= 0.3 is 320 Å². The van der Waals surface area contributed by atoms with Crippen LogP contribution in [0.4, 0.5) is 0 Å². The van der Waals surface area contributed by atoms with Crippen molar-refractivity contribution in [3.8, 4) is 0 Å². The number of carbonyl (C=O) groups excluding carboxylic acids is 2. The van der Waals surface area contributed by atoms with Crippen molar-refractivity contribution in [3.63, 3.8) is 0 Å². The first-order valence-electron chi connectivity index (χ1n) is 28.5. The van der Waals surface area contributed by atoms with Crippen molar-refractivity contribution in [3.05, 3.63) is 12.7 Å². The molecule has 0 fully saturated rings. The van der Waals surface area contributed by atoms with E-state index in [4.69, 9.17) is 0 Å². The molecule has 0 aliphatic rings. The van der Waals surface area contributed by atoms with Crippen molar-refractivity contribution < 1.29 is 14.7 Å². The van der Waals surface area contributed by atoms with E-state index in [2.05, 4.69) is 55.0 Å². The van der Waals surface area contributed by atoms with Crippen LogP contribution in [0, 0.1) is 0 Å². The molecule has 0 atom stereocenters. The van der Waals surface area contributed by atoms with Crippen molar-refractivity contribution in [2.45, 2.75) is 332 Å². The van der Waals surface area contributed by atoms with Gasteiger partial charge in [0.25, 0.3) is 0 Å². The van der Waals surface area contributed by atoms with Gasteiger partial charge in [0.1, 0.15) is 0 Å². The first kappa shape index (κ1) is 66.7. The quantitative estimate of drug-likeness (QED) is 0.0347. The Hall–Kier alpha value is 0.477. The van der Waals surface area contributed by atoms with Gasteiger partial charge in [-0.1, -0.05) is 58.3 Å². The van der Waals surface area contributed by atoms with E-state index < -0.39 is 44.1 Å². The zero-order valence-corrected chi connectivity index (χ0v) is 49.7. The van der Waals surface area contributed by atoms with E-state index in [1.165, 1.54) is 232 Å². The summed E-state index contributed by atoms with van der Waals surface area (Å²) in [5.74, 6) is -0.909. The van der Waals surface area contributed by atoms with E-state index in [0.29, 0.717) is 3.80 Å². The molecule has 0 rings (SSSR count). The molecule has 370 valence electrons. The minimum absolute atomic E-state index is 0.232. The number of rotatable bonds is 48. The van der Waals surface area contributed by atoms with Crippen LogP contribution in [0.2, 0.25) is 26.6 Å². The van der Waals surface area contributed by atoms with Gasteiger partial charge in [-0.15, -0.1) is 0 Å². The van der Waals surface area contributed by atoms with Gasteiger partial charge in [-0.3, -0.25) is 0 Å². The fourth-order valence-electron chi connectivity index (χ4n) is 9.05. The minimum atomic E-state index is -2.76. The number of carboxylic acids is 1. The Morgan fingerprint density at radius 2 is 0.597 bits per heavy atom. The summed E-state index contributed by atoms with van der Waals surface area (Å²) in [7, 11) is 0. The second-order valence-corrected chi connectivity index (χ2v) is 41.1. The predicted octanol–water partition coefficient (Wildman–Crippen LogP) is 19.7. The molecule has 0 N–H and O–H groups in total. The third kappa shape index (κ3) is 51.5. The average Bonchev–Trinajstić information content (AvgIpc) is 3.27. The van der Waals surface area contributed by atoms with Gasteiger partial charge < -0.3 is 9.90 Å². The molecule has 0 aliphatic heterocycles. The summed E-state index contributed by atoms with van der Waals surface area (Å²) in [4.78, 5) is 23.2. The van der Waals surface area contributed by atoms with E-state index in [9.17, 15) is 14.7 Å². The number of unbranched alkanes of at least 4 members (excludes halogenated alkanes) is 32. The van der Waals surface area contributed by atoms with Crippen LogP contribution in [-0.4, -0.2) is 47.9 Å². The second-order valence-electron chi connectivity index (χ2n) is 19.5. The normalized spacial score (nSPS) is 11.1. The van der Waals surface area contributed by atoms with Crippen LogP contribution in [0.15, 0.2) is 12.7 Å². The molecule has 0 aromatic carbocycles. The first-order chi connectivity index (χ1) is 30.3. The summed E-state index contributed by atoms with van der Waals surface area (Å²) < 4.78 is 9.58. The molecule has 0 amide bonds. The molecule has 0 spiro atoms. The number of aliphatic carboxylic acids is 1. The Morgan fingerprint density at radius 3 is 0.839 bits per heavy atom. The SMILES string of the molecule is C=C[C](=O)[Sn]([CH2]CCCCCCC)([CH2]CCCCCCC)[CH2]CCCCCCC.CCCCCCCCCCCC(=O)[O-].CCCCC[CH2][Sn+]([CH2]CCCCC)[CH2]CCCCC. The van der Waals surface area contributed by atoms with E-state index in [1.807, 2.05) is 0 Å². The molecule has 0 radical (unpaired) electrons. The van der Waals surface area contributed by atoms with Gasteiger partial charge in [0, 0.05) is 5.97 Å². The molecule has 0 saturated carbocycles. The number of hydrogen-bond donors (Lipinski definition) is 0. The van der Waals surface area contributed by atoms with Crippen LogP contribution in [0.1, 0.15) is 305 Å². The number of carbonyl (C=O) groups is 2. The summed E-state index contributed by atoms with van der Waals surface area (Å²) in [6, 6.07) is 0. The van der Waals surface area contributed by atoms with Crippen molar-refractivity contribution in [2.24, 2.45) is 0 Å². The van der Waals surface area contributed by atoms with Crippen molar-refractivity contribution in [1.29, 1.82) is 0 Å². The van der Waals surface area contributed by atoms with Crippen LogP contribution in [0.5, 0.6) is 0 Å². The average molecular weight is 1090 g/mol. The first-order valence-corrected chi connectivity index (χ1v) is 42.0. The number of carboxylic acid groups (broad SMARTS) is 1. The molecular formula is C57H116O3Sn2. The number of hydrogen-bond acceptors (Lipinski definition) is 3. The van der Waals surface area contributed by atoms with Crippen LogP contribution in [0.3, 0.4) is 0 Å². The monoisotopic (exact) mass is 1090 g/mol. The Balaban J connectivity index is -0.000000907. The van der Waals surface area contributed by atoms with Gasteiger partial charge in [0.2, 0.25) is 0 Å². The van der Waals surface area contributed by atoms with Crippen molar-refractivity contribution >= 4 is 47.9 Å². The molecule has 5 heteroatoms. The van der Waals surface area contributed by atoms with Gasteiger partial charge in [-0.05, 0) is 12.8 Å². The Morgan fingerprint density at radius 1 is 0.371 bits per heavy atom. The summed E-state index contributed by atoms with van der Waals surface area (Å²) >= 11 is -3.71. The van der Waals surface area contributed by atoms with Crippen LogP contribution < -0.4 is 5.11 Å². The van der Waals surface area contributed by atoms with E-state index >= 15 is 0 Å². The Labute approximate surface area is 404 Å². The standard InChI is InChI=1S/C12H24O2.3C8H17.3C6H13.C3H3O.2Sn/c1-2-3-4-5-6-7-8-9-10-11-12(13)14;3*1-3-5-7-8-6-4-2;3*1-3-5-6-4-2;1-2-3-4;;/h2-11H2,1H3,(H,13,14);3*1,3-8H2,2H3;3*1,3-6H2,2H3;2H,1H2;;/q;;;;;;;;;+1/p-1. The van der Waals surface area contributed by atoms with Crippen LogP contribution >= 0.6 is 0 Å². The molecular weight excluding hydrogens is 970 g/mol. The van der Waals surface area contributed by atoms with Gasteiger partial charge in [-0.25, -0.2) is 0 Å². The molecule has 62 heavy (non-hydrogen) atoms. The fraction of sp³-hybridized carbons (Fsp3) is 0.930. The topological polar surface area (TPSA) is 57.2 Å². The zero-order valence-electron chi connectivity index (χ0n) is 44.0. The van der Waals surface area contributed by atoms with Gasteiger partial charge in [-0.2, -0.15) is 0 Å². The Kier molecular flexibility index (Phi) is 62.0. The van der Waals surface area contributed by atoms with E-state index in [-0.39, 0.29) is 6.42 Å². The molecule has 0 heterocycles. The van der Waals surface area contributed by atoms with Crippen LogP contribution in [0.25, 0.3) is 0 Å². The summed E-state index contributed by atoms with van der Waals surface area (Å²) in [5, 5.41) is 10.1. The molecule has 3 nitrogen and oxygen atoms in total. The zero-order chi connectivity index (χ0) is 46.5. The summed E-state index contributed by atoms with van der Waals surface area (Å²) in [6.45, 7) is 20.0. The van der Waals surface area contributed by atoms with Crippen LogP contribution in [-0.2, 0) is 9.59 Å². The molecule has 0 saturated heterocycles. The maximum atomic E-state index is 13.1. The Bertz CT molecular complexity index is 807. The molecule has 0 aliphatic carbocycles. The van der Waals surface area contributed by atoms with Gasteiger partial charge in [0.15, 0.2) is 0 Å². The third-order valence-electron chi connectivity index (χ3n) is 13.4. The summed E-state index contributed by atoms with van der Waals surface area (Å²) in [5.41, 5.74) is 0. The molecule has 0 aromatic rings. The van der Waals surface area contributed by atoms with Crippen molar-refractivity contribution in [1.82, 2.24) is 0 Å². The van der Waals surface area contributed by atoms with Crippen molar-refractivity contribution in [2.75, 3.05) is 0 Å². The fourth-order valence-corrected chi connectivity index (χ4v) is 31.0. The van der Waals surface area contributed by atoms with E-state index in [1.54, 1.807) is 38.6 Å². The molecule has 0 bridgehead atoms. The summed E-state index contributed by atoms with van der Waals surface area (Å²) in [6.07, 6.45) is 55.0. The van der Waals surface area contributed by atoms with Gasteiger partial charge in [0.05, 0.1) is 0 Å². The predicted molar refractivity (Wildman–Crippen MR) is 285 cm³/mol. The second kappa shape index (κ2) is 57.6. The third-order valence-corrected chi connectivity index (χ3v) is 37.2.